The molecule has 1 amide bonds. The Balaban J connectivity index is 1.31. The average molecular weight is 545 g/mol. The van der Waals surface area contributed by atoms with Crippen molar-refractivity contribution < 1.29 is 9.53 Å². The quantitative estimate of drug-likeness (QED) is 0.232. The molecule has 5 rings (SSSR count). The number of benzene rings is 3. The number of ether oxygens (including phenoxy) is 1. The SMILES string of the molecule is CCCN1CCC(Oc2ccc(-c3n[nH]c4ccc(C(=O)NC(c5ccccc5Cl)C(C)C)cc34)cc2)CC1. The summed E-state index contributed by atoms with van der Waals surface area (Å²) in [6.45, 7) is 9.75. The first-order valence-corrected chi connectivity index (χ1v) is 14.3. The Morgan fingerprint density at radius 2 is 1.85 bits per heavy atom. The third kappa shape index (κ3) is 6.29. The Morgan fingerprint density at radius 1 is 1.10 bits per heavy atom. The summed E-state index contributed by atoms with van der Waals surface area (Å²) in [5.74, 6) is 0.912. The van der Waals surface area contributed by atoms with E-state index in [1.165, 1.54) is 13.0 Å². The van der Waals surface area contributed by atoms with Crippen LogP contribution in [0.5, 0.6) is 5.75 Å². The third-order valence-electron chi connectivity index (χ3n) is 7.52. The van der Waals surface area contributed by atoms with Crippen molar-refractivity contribution in [3.05, 3.63) is 82.9 Å². The third-order valence-corrected chi connectivity index (χ3v) is 7.87. The van der Waals surface area contributed by atoms with Crippen LogP contribution in [-0.2, 0) is 0 Å². The molecular weight excluding hydrogens is 508 g/mol. The van der Waals surface area contributed by atoms with Crippen LogP contribution in [0, 0.1) is 5.92 Å². The highest BCUT2D eigenvalue weighted by Gasteiger charge is 2.23. The number of carbonyl (C=O) groups excluding carboxylic acids is 1. The van der Waals surface area contributed by atoms with Crippen molar-refractivity contribution in [3.8, 4) is 17.0 Å². The molecule has 1 aliphatic heterocycles. The van der Waals surface area contributed by atoms with Crippen LogP contribution >= 0.6 is 11.6 Å². The average Bonchev–Trinajstić information content (AvgIpc) is 3.37. The van der Waals surface area contributed by atoms with Gasteiger partial charge in [-0.2, -0.15) is 5.10 Å². The highest BCUT2D eigenvalue weighted by atomic mass is 35.5. The van der Waals surface area contributed by atoms with Gasteiger partial charge in [-0.15, -0.1) is 0 Å². The summed E-state index contributed by atoms with van der Waals surface area (Å²) in [6.07, 6.45) is 3.58. The first-order chi connectivity index (χ1) is 18.9. The van der Waals surface area contributed by atoms with E-state index in [0.29, 0.717) is 10.6 Å². The maximum atomic E-state index is 13.3. The lowest BCUT2D eigenvalue weighted by molar-refractivity contribution is 0.0925. The fourth-order valence-corrected chi connectivity index (χ4v) is 5.63. The molecule has 7 heteroatoms. The summed E-state index contributed by atoms with van der Waals surface area (Å²) < 4.78 is 6.28. The van der Waals surface area contributed by atoms with Gasteiger partial charge in [0.05, 0.1) is 17.3 Å². The molecule has 1 aromatic heterocycles. The second-order valence-electron chi connectivity index (χ2n) is 10.7. The number of piperidine rings is 1. The highest BCUT2D eigenvalue weighted by Crippen LogP contribution is 2.31. The molecule has 0 bridgehead atoms. The standard InChI is InChI=1S/C32H37ClN4O2/c1-4-17-37-18-15-25(16-19-37)39-24-12-9-22(10-13-24)31-27-20-23(11-14-29(27)35-36-31)32(38)34-30(21(2)3)26-7-5-6-8-28(26)33/h5-14,20-21,25,30H,4,15-19H2,1-3H3,(H,34,38)(H,35,36). The monoisotopic (exact) mass is 544 g/mol. The van der Waals surface area contributed by atoms with Gasteiger partial charge < -0.3 is 15.0 Å². The number of aromatic amines is 1. The van der Waals surface area contributed by atoms with Gasteiger partial charge in [0.15, 0.2) is 0 Å². The minimum absolute atomic E-state index is 0.142. The van der Waals surface area contributed by atoms with Crippen molar-refractivity contribution in [2.45, 2.75) is 52.2 Å². The number of likely N-dealkylation sites (tertiary alicyclic amines) is 1. The lowest BCUT2D eigenvalue weighted by Gasteiger charge is -2.31. The lowest BCUT2D eigenvalue weighted by atomic mass is 9.95. The van der Waals surface area contributed by atoms with Crippen molar-refractivity contribution >= 4 is 28.4 Å². The maximum Gasteiger partial charge on any atom is 0.251 e. The van der Waals surface area contributed by atoms with Gasteiger partial charge in [0.25, 0.3) is 5.91 Å². The first-order valence-electron chi connectivity index (χ1n) is 14.0. The molecule has 204 valence electrons. The summed E-state index contributed by atoms with van der Waals surface area (Å²) in [5, 5.41) is 12.4. The van der Waals surface area contributed by atoms with Crippen molar-refractivity contribution in [3.63, 3.8) is 0 Å². The van der Waals surface area contributed by atoms with Crippen molar-refractivity contribution in [1.82, 2.24) is 20.4 Å². The van der Waals surface area contributed by atoms with Crippen LogP contribution < -0.4 is 10.1 Å². The number of nitrogens with one attached hydrogen (secondary N) is 2. The van der Waals surface area contributed by atoms with Gasteiger partial charge in [-0.25, -0.2) is 0 Å². The summed E-state index contributed by atoms with van der Waals surface area (Å²) in [4.78, 5) is 15.9. The van der Waals surface area contributed by atoms with Crippen LogP contribution in [0.15, 0.2) is 66.7 Å². The van der Waals surface area contributed by atoms with Crippen LogP contribution in [0.3, 0.4) is 0 Å². The highest BCUT2D eigenvalue weighted by molar-refractivity contribution is 6.31. The van der Waals surface area contributed by atoms with Gasteiger partial charge in [-0.1, -0.05) is 50.6 Å². The van der Waals surface area contributed by atoms with E-state index in [9.17, 15) is 4.79 Å². The number of halogens is 1. The van der Waals surface area contributed by atoms with E-state index >= 15 is 0 Å². The number of rotatable bonds is 9. The summed E-state index contributed by atoms with van der Waals surface area (Å²) in [5.41, 5.74) is 4.16. The summed E-state index contributed by atoms with van der Waals surface area (Å²) in [7, 11) is 0. The predicted octanol–water partition coefficient (Wildman–Crippen LogP) is 7.26. The molecule has 3 aromatic carbocycles. The summed E-state index contributed by atoms with van der Waals surface area (Å²) in [6, 6.07) is 21.2. The summed E-state index contributed by atoms with van der Waals surface area (Å²) >= 11 is 6.45. The molecule has 1 unspecified atom stereocenters. The molecule has 39 heavy (non-hydrogen) atoms. The van der Waals surface area contributed by atoms with Crippen LogP contribution in [0.2, 0.25) is 5.02 Å². The fraction of sp³-hybridized carbons (Fsp3) is 0.375. The molecule has 1 atom stereocenters. The van der Waals surface area contributed by atoms with Crippen LogP contribution in [0.25, 0.3) is 22.2 Å². The zero-order valence-electron chi connectivity index (χ0n) is 22.9. The molecule has 0 radical (unpaired) electrons. The van der Waals surface area contributed by atoms with Gasteiger partial charge in [0.2, 0.25) is 0 Å². The van der Waals surface area contributed by atoms with Crippen LogP contribution in [-0.4, -0.2) is 46.7 Å². The maximum absolute atomic E-state index is 13.3. The molecule has 0 saturated carbocycles. The van der Waals surface area contributed by atoms with Gasteiger partial charge in [-0.3, -0.25) is 9.89 Å². The topological polar surface area (TPSA) is 70.2 Å². The number of amides is 1. The molecule has 1 saturated heterocycles. The Hall–Kier alpha value is -3.35. The Morgan fingerprint density at radius 3 is 2.54 bits per heavy atom. The largest absolute Gasteiger partial charge is 0.490 e. The fourth-order valence-electron chi connectivity index (χ4n) is 5.38. The van der Waals surface area contributed by atoms with E-state index < -0.39 is 0 Å². The number of hydrogen-bond acceptors (Lipinski definition) is 4. The van der Waals surface area contributed by atoms with E-state index in [0.717, 1.165) is 59.4 Å². The number of aromatic nitrogens is 2. The lowest BCUT2D eigenvalue weighted by Crippen LogP contribution is -2.38. The second-order valence-corrected chi connectivity index (χ2v) is 11.1. The number of carbonyl (C=O) groups is 1. The molecule has 4 aromatic rings. The number of fused-ring (bicyclic) bond motifs is 1. The first kappa shape index (κ1) is 27.2. The van der Waals surface area contributed by atoms with Crippen molar-refractivity contribution in [1.29, 1.82) is 0 Å². The molecule has 0 spiro atoms. The van der Waals surface area contributed by atoms with Gasteiger partial charge in [-0.05, 0) is 85.8 Å². The Bertz CT molecular complexity index is 1410. The molecule has 2 N–H and O–H groups in total. The van der Waals surface area contributed by atoms with Gasteiger partial charge >= 0.3 is 0 Å². The van der Waals surface area contributed by atoms with Crippen molar-refractivity contribution in [2.24, 2.45) is 5.92 Å². The van der Waals surface area contributed by atoms with Gasteiger partial charge in [0, 0.05) is 34.6 Å². The number of H-pyrrole nitrogens is 1. The van der Waals surface area contributed by atoms with E-state index in [4.69, 9.17) is 16.3 Å². The zero-order valence-corrected chi connectivity index (χ0v) is 23.7. The molecule has 1 aliphatic rings. The normalized spacial score (nSPS) is 15.5. The van der Waals surface area contributed by atoms with Crippen LogP contribution in [0.4, 0.5) is 0 Å². The molecule has 2 heterocycles. The minimum atomic E-state index is -0.197. The van der Waals surface area contributed by atoms with E-state index in [1.54, 1.807) is 0 Å². The predicted molar refractivity (Wildman–Crippen MR) is 158 cm³/mol. The number of nitrogens with zero attached hydrogens (tertiary/aromatic N) is 2. The van der Waals surface area contributed by atoms with E-state index in [-0.39, 0.29) is 24.0 Å². The van der Waals surface area contributed by atoms with Gasteiger partial charge in [0.1, 0.15) is 11.9 Å². The zero-order chi connectivity index (χ0) is 27.4. The second kappa shape index (κ2) is 12.2. The molecular formula is C32H37ClN4O2. The molecule has 6 nitrogen and oxygen atoms in total. The molecule has 0 aliphatic carbocycles. The van der Waals surface area contributed by atoms with Crippen molar-refractivity contribution in [2.75, 3.05) is 19.6 Å². The number of hydrogen-bond donors (Lipinski definition) is 2. The van der Waals surface area contributed by atoms with E-state index in [2.05, 4.69) is 41.2 Å². The minimum Gasteiger partial charge on any atom is -0.490 e. The smallest absolute Gasteiger partial charge is 0.251 e. The van der Waals surface area contributed by atoms with E-state index in [1.807, 2.05) is 66.7 Å². The Labute approximate surface area is 235 Å². The molecule has 1 fully saturated rings. The van der Waals surface area contributed by atoms with Crippen LogP contribution in [0.1, 0.15) is 62.0 Å². The Kier molecular flexibility index (Phi) is 8.53.